The van der Waals surface area contributed by atoms with Gasteiger partial charge in [0.2, 0.25) is 15.9 Å². The first-order chi connectivity index (χ1) is 8.32. The van der Waals surface area contributed by atoms with E-state index in [1.54, 1.807) is 13.8 Å². The number of carbonyl (C=O) groups is 1. The number of sulfonamides is 1. The summed E-state index contributed by atoms with van der Waals surface area (Å²) in [5, 5.41) is 2.66. The Morgan fingerprint density at radius 3 is 2.72 bits per heavy atom. The quantitative estimate of drug-likeness (QED) is 0.576. The first kappa shape index (κ1) is 15.4. The van der Waals surface area contributed by atoms with Crippen molar-refractivity contribution >= 4 is 15.9 Å². The number of ether oxygens (including phenoxy) is 1. The van der Waals surface area contributed by atoms with Crippen LogP contribution >= 0.6 is 0 Å². The highest BCUT2D eigenvalue weighted by Gasteiger charge is 2.43. The van der Waals surface area contributed by atoms with Crippen LogP contribution in [-0.4, -0.2) is 62.8 Å². The minimum atomic E-state index is -3.50. The molecule has 1 aliphatic heterocycles. The molecule has 18 heavy (non-hydrogen) atoms. The Labute approximate surface area is 108 Å². The molecule has 0 radical (unpaired) electrons. The lowest BCUT2D eigenvalue weighted by atomic mass is 10.0. The molecule has 1 fully saturated rings. The minimum absolute atomic E-state index is 0.0910. The van der Waals surface area contributed by atoms with Crippen molar-refractivity contribution in [3.8, 4) is 0 Å². The molecule has 0 saturated carbocycles. The summed E-state index contributed by atoms with van der Waals surface area (Å²) in [6.45, 7) is 4.60. The monoisotopic (exact) mass is 279 g/mol. The first-order valence-corrected chi connectivity index (χ1v) is 7.50. The summed E-state index contributed by atoms with van der Waals surface area (Å²) in [6, 6.07) is 0. The maximum atomic E-state index is 12.1. The lowest BCUT2D eigenvalue weighted by Crippen LogP contribution is -2.63. The van der Waals surface area contributed by atoms with E-state index in [-0.39, 0.29) is 24.8 Å². The van der Waals surface area contributed by atoms with Crippen LogP contribution in [0.15, 0.2) is 0 Å². The fourth-order valence-corrected chi connectivity index (χ4v) is 3.52. The van der Waals surface area contributed by atoms with Gasteiger partial charge in [0, 0.05) is 19.6 Å². The largest absolute Gasteiger partial charge is 0.379 e. The SMILES string of the molecule is CC1(C)C(=O)NCCN1S(=O)(=O)CCOCCN. The molecule has 0 spiro atoms. The van der Waals surface area contributed by atoms with E-state index in [1.165, 1.54) is 4.31 Å². The number of carbonyl (C=O) groups excluding carboxylic acids is 1. The summed E-state index contributed by atoms with van der Waals surface area (Å²) in [6.07, 6.45) is 0. The van der Waals surface area contributed by atoms with Gasteiger partial charge in [0.1, 0.15) is 5.54 Å². The minimum Gasteiger partial charge on any atom is -0.379 e. The van der Waals surface area contributed by atoms with Crippen molar-refractivity contribution in [2.45, 2.75) is 19.4 Å². The third-order valence-corrected chi connectivity index (χ3v) is 4.86. The molecule has 1 amide bonds. The Morgan fingerprint density at radius 2 is 2.11 bits per heavy atom. The van der Waals surface area contributed by atoms with Crippen molar-refractivity contribution in [2.24, 2.45) is 5.73 Å². The normalized spacial score (nSPS) is 20.7. The molecule has 0 aromatic carbocycles. The number of nitrogens with zero attached hydrogens (tertiary/aromatic N) is 1. The third kappa shape index (κ3) is 3.41. The van der Waals surface area contributed by atoms with Gasteiger partial charge in [0.25, 0.3) is 0 Å². The molecular formula is C10H21N3O4S. The number of hydrogen-bond acceptors (Lipinski definition) is 5. The van der Waals surface area contributed by atoms with Gasteiger partial charge in [-0.1, -0.05) is 0 Å². The van der Waals surface area contributed by atoms with Gasteiger partial charge in [-0.2, -0.15) is 4.31 Å². The molecule has 106 valence electrons. The number of rotatable bonds is 6. The van der Waals surface area contributed by atoms with E-state index >= 15 is 0 Å². The maximum absolute atomic E-state index is 12.1. The van der Waals surface area contributed by atoms with Crippen LogP contribution < -0.4 is 11.1 Å². The van der Waals surface area contributed by atoms with Gasteiger partial charge >= 0.3 is 0 Å². The molecule has 1 heterocycles. The van der Waals surface area contributed by atoms with Gasteiger partial charge in [0.15, 0.2) is 0 Å². The molecule has 0 aromatic heterocycles. The number of hydrogen-bond donors (Lipinski definition) is 2. The van der Waals surface area contributed by atoms with E-state index in [9.17, 15) is 13.2 Å². The predicted octanol–water partition coefficient (Wildman–Crippen LogP) is -1.50. The van der Waals surface area contributed by atoms with E-state index in [0.717, 1.165) is 0 Å². The van der Waals surface area contributed by atoms with Crippen molar-refractivity contribution in [1.82, 2.24) is 9.62 Å². The Bertz CT molecular complexity index is 394. The molecule has 0 aliphatic carbocycles. The standard InChI is InChI=1S/C10H21N3O4S/c1-10(2)9(14)12-4-5-13(10)18(15,16)8-7-17-6-3-11/h3-8,11H2,1-2H3,(H,12,14). The van der Waals surface area contributed by atoms with Crippen LogP contribution in [0.25, 0.3) is 0 Å². The number of amides is 1. The number of piperazine rings is 1. The van der Waals surface area contributed by atoms with Gasteiger partial charge in [-0.25, -0.2) is 8.42 Å². The van der Waals surface area contributed by atoms with Crippen LogP contribution in [0.5, 0.6) is 0 Å². The van der Waals surface area contributed by atoms with Gasteiger partial charge in [-0.15, -0.1) is 0 Å². The fraction of sp³-hybridized carbons (Fsp3) is 0.900. The molecular weight excluding hydrogens is 258 g/mol. The van der Waals surface area contributed by atoms with Crippen LogP contribution in [0.4, 0.5) is 0 Å². The van der Waals surface area contributed by atoms with E-state index in [1.807, 2.05) is 0 Å². The molecule has 0 bridgehead atoms. The van der Waals surface area contributed by atoms with Crippen LogP contribution in [-0.2, 0) is 19.6 Å². The summed E-state index contributed by atoms with van der Waals surface area (Å²) in [5.74, 6) is -0.413. The summed E-state index contributed by atoms with van der Waals surface area (Å²) >= 11 is 0. The molecule has 0 atom stereocenters. The number of nitrogens with two attached hydrogens (primary N) is 1. The van der Waals surface area contributed by atoms with Gasteiger partial charge in [0.05, 0.1) is 19.0 Å². The van der Waals surface area contributed by atoms with Crippen LogP contribution in [0.2, 0.25) is 0 Å². The van der Waals surface area contributed by atoms with Crippen LogP contribution in [0.1, 0.15) is 13.8 Å². The summed E-state index contributed by atoms with van der Waals surface area (Å²) < 4.78 is 30.6. The van der Waals surface area contributed by atoms with E-state index in [4.69, 9.17) is 10.5 Å². The third-order valence-electron chi connectivity index (χ3n) is 2.86. The van der Waals surface area contributed by atoms with Crippen molar-refractivity contribution in [3.05, 3.63) is 0 Å². The second-order valence-corrected chi connectivity index (χ2v) is 6.62. The zero-order valence-corrected chi connectivity index (χ0v) is 11.6. The number of nitrogens with one attached hydrogen (secondary N) is 1. The Hall–Kier alpha value is -0.700. The summed E-state index contributed by atoms with van der Waals surface area (Å²) in [5.41, 5.74) is 4.19. The molecule has 1 aliphatic rings. The zero-order valence-electron chi connectivity index (χ0n) is 10.8. The highest BCUT2D eigenvalue weighted by Crippen LogP contribution is 2.21. The van der Waals surface area contributed by atoms with Crippen molar-refractivity contribution in [1.29, 1.82) is 0 Å². The molecule has 7 nitrogen and oxygen atoms in total. The van der Waals surface area contributed by atoms with Crippen molar-refractivity contribution in [3.63, 3.8) is 0 Å². The average molecular weight is 279 g/mol. The van der Waals surface area contributed by atoms with Gasteiger partial charge < -0.3 is 15.8 Å². The average Bonchev–Trinajstić information content (AvgIpc) is 2.28. The van der Waals surface area contributed by atoms with Crippen molar-refractivity contribution in [2.75, 3.05) is 38.6 Å². The molecule has 0 aromatic rings. The molecule has 0 unspecified atom stereocenters. The van der Waals surface area contributed by atoms with E-state index in [0.29, 0.717) is 19.7 Å². The second-order valence-electron chi connectivity index (χ2n) is 4.60. The summed E-state index contributed by atoms with van der Waals surface area (Å²) in [7, 11) is -3.50. The molecule has 1 saturated heterocycles. The predicted molar refractivity (Wildman–Crippen MR) is 67.5 cm³/mol. The van der Waals surface area contributed by atoms with Crippen molar-refractivity contribution < 1.29 is 17.9 Å². The lowest BCUT2D eigenvalue weighted by molar-refractivity contribution is -0.131. The maximum Gasteiger partial charge on any atom is 0.241 e. The Kier molecular flexibility index (Phi) is 5.09. The lowest BCUT2D eigenvalue weighted by Gasteiger charge is -2.39. The van der Waals surface area contributed by atoms with Crippen LogP contribution in [0, 0.1) is 0 Å². The van der Waals surface area contributed by atoms with Crippen LogP contribution in [0.3, 0.4) is 0 Å². The highest BCUT2D eigenvalue weighted by molar-refractivity contribution is 7.89. The fourth-order valence-electron chi connectivity index (χ4n) is 1.83. The van der Waals surface area contributed by atoms with Gasteiger partial charge in [-0.05, 0) is 13.8 Å². The van der Waals surface area contributed by atoms with E-state index in [2.05, 4.69) is 5.32 Å². The molecule has 3 N–H and O–H groups in total. The zero-order chi connectivity index (χ0) is 13.8. The topological polar surface area (TPSA) is 102 Å². The Morgan fingerprint density at radius 1 is 1.44 bits per heavy atom. The van der Waals surface area contributed by atoms with E-state index < -0.39 is 15.6 Å². The Balaban J connectivity index is 2.68. The highest BCUT2D eigenvalue weighted by atomic mass is 32.2. The molecule has 1 rings (SSSR count). The first-order valence-electron chi connectivity index (χ1n) is 5.89. The summed E-state index contributed by atoms with van der Waals surface area (Å²) in [4.78, 5) is 11.7. The van der Waals surface area contributed by atoms with Gasteiger partial charge in [-0.3, -0.25) is 4.79 Å². The second kappa shape index (κ2) is 5.96. The smallest absolute Gasteiger partial charge is 0.241 e. The molecule has 8 heteroatoms.